The molecule has 1 heterocycles. The molecule has 1 aliphatic carbocycles. The highest BCUT2D eigenvalue weighted by Gasteiger charge is 2.41. The summed E-state index contributed by atoms with van der Waals surface area (Å²) in [4.78, 5) is 7.47. The van der Waals surface area contributed by atoms with E-state index >= 15 is 0 Å². The van der Waals surface area contributed by atoms with Gasteiger partial charge in [0.05, 0.1) is 7.11 Å². The number of para-hydroxylation sites is 1. The summed E-state index contributed by atoms with van der Waals surface area (Å²) >= 11 is 0. The smallest absolute Gasteiger partial charge is 0.193 e. The number of aliphatic imine (C=N–C) groups is 1. The molecule has 1 aliphatic heterocycles. The quantitative estimate of drug-likeness (QED) is 0.386. The Bertz CT molecular complexity index is 599. The van der Waals surface area contributed by atoms with E-state index in [0.29, 0.717) is 11.3 Å². The minimum absolute atomic E-state index is 0. The van der Waals surface area contributed by atoms with Crippen molar-refractivity contribution in [2.24, 2.45) is 10.4 Å². The summed E-state index contributed by atoms with van der Waals surface area (Å²) in [5.41, 5.74) is 1.81. The molecule has 146 valence electrons. The summed E-state index contributed by atoms with van der Waals surface area (Å²) < 4.78 is 5.51. The zero-order chi connectivity index (χ0) is 17.7. The van der Waals surface area contributed by atoms with Crippen molar-refractivity contribution in [3.63, 3.8) is 0 Å². The first-order valence-corrected chi connectivity index (χ1v) is 9.83. The van der Waals surface area contributed by atoms with E-state index in [1.807, 2.05) is 12.1 Å². The Balaban J connectivity index is 0.00000243. The van der Waals surface area contributed by atoms with Crippen LogP contribution in [-0.2, 0) is 0 Å². The molecule has 0 radical (unpaired) electrons. The first-order valence-electron chi connectivity index (χ1n) is 9.83. The summed E-state index contributed by atoms with van der Waals surface area (Å²) in [6.45, 7) is 8.42. The van der Waals surface area contributed by atoms with Gasteiger partial charge in [0, 0.05) is 32.1 Å². The summed E-state index contributed by atoms with van der Waals surface area (Å²) in [6, 6.07) is 8.28. The van der Waals surface area contributed by atoms with Crippen molar-refractivity contribution in [2.45, 2.75) is 51.9 Å². The first kappa shape index (κ1) is 21.3. The van der Waals surface area contributed by atoms with Crippen LogP contribution >= 0.6 is 24.0 Å². The van der Waals surface area contributed by atoms with Crippen LogP contribution in [0.4, 0.5) is 0 Å². The van der Waals surface area contributed by atoms with Gasteiger partial charge in [0.25, 0.3) is 0 Å². The van der Waals surface area contributed by atoms with E-state index in [1.165, 1.54) is 44.2 Å². The zero-order valence-corrected chi connectivity index (χ0v) is 18.8. The van der Waals surface area contributed by atoms with Gasteiger partial charge < -0.3 is 15.0 Å². The van der Waals surface area contributed by atoms with Crippen LogP contribution in [0.3, 0.4) is 0 Å². The molecule has 5 heteroatoms. The predicted octanol–water partition coefficient (Wildman–Crippen LogP) is 4.65. The maximum Gasteiger partial charge on any atom is 0.193 e. The lowest BCUT2D eigenvalue weighted by molar-refractivity contribution is 0.309. The molecule has 0 amide bonds. The van der Waals surface area contributed by atoms with Crippen LogP contribution in [0.5, 0.6) is 5.75 Å². The molecule has 1 unspecified atom stereocenters. The molecular formula is C21H34IN3O. The van der Waals surface area contributed by atoms with Crippen molar-refractivity contribution < 1.29 is 4.74 Å². The van der Waals surface area contributed by atoms with Gasteiger partial charge in [0.15, 0.2) is 5.96 Å². The number of methoxy groups -OCH3 is 1. The van der Waals surface area contributed by atoms with Crippen LogP contribution in [0.25, 0.3) is 0 Å². The molecule has 26 heavy (non-hydrogen) atoms. The summed E-state index contributed by atoms with van der Waals surface area (Å²) in [5, 5.41) is 3.51. The fourth-order valence-electron chi connectivity index (χ4n) is 4.47. The second-order valence-corrected chi connectivity index (χ2v) is 7.72. The van der Waals surface area contributed by atoms with Crippen LogP contribution < -0.4 is 10.1 Å². The number of nitrogens with one attached hydrogen (secondary N) is 1. The van der Waals surface area contributed by atoms with Gasteiger partial charge in [-0.2, -0.15) is 0 Å². The second kappa shape index (κ2) is 9.81. The Morgan fingerprint density at radius 2 is 2.00 bits per heavy atom. The van der Waals surface area contributed by atoms with Crippen molar-refractivity contribution in [3.8, 4) is 5.75 Å². The van der Waals surface area contributed by atoms with Crippen LogP contribution in [0.1, 0.15) is 57.4 Å². The predicted molar refractivity (Wildman–Crippen MR) is 120 cm³/mol. The summed E-state index contributed by atoms with van der Waals surface area (Å²) in [7, 11) is 1.74. The lowest BCUT2D eigenvalue weighted by atomic mass is 9.86. The molecule has 3 rings (SSSR count). The third-order valence-electron chi connectivity index (χ3n) is 5.92. The molecule has 1 saturated carbocycles. The highest BCUT2D eigenvalue weighted by molar-refractivity contribution is 14.0. The van der Waals surface area contributed by atoms with E-state index in [-0.39, 0.29) is 24.0 Å². The van der Waals surface area contributed by atoms with Gasteiger partial charge in [-0.15, -0.1) is 24.0 Å². The largest absolute Gasteiger partial charge is 0.496 e. The lowest BCUT2D eigenvalue weighted by Gasteiger charge is -2.26. The normalized spacial score (nSPS) is 20.1. The van der Waals surface area contributed by atoms with E-state index < -0.39 is 0 Å². The van der Waals surface area contributed by atoms with E-state index in [0.717, 1.165) is 31.3 Å². The van der Waals surface area contributed by atoms with E-state index in [9.17, 15) is 0 Å². The highest BCUT2D eigenvalue weighted by Crippen LogP contribution is 2.45. The first-order chi connectivity index (χ1) is 12.2. The molecule has 1 saturated heterocycles. The van der Waals surface area contributed by atoms with Crippen LogP contribution in [0.15, 0.2) is 29.3 Å². The highest BCUT2D eigenvalue weighted by atomic mass is 127. The molecule has 1 atom stereocenters. The maximum atomic E-state index is 5.51. The van der Waals surface area contributed by atoms with Gasteiger partial charge in [-0.3, -0.25) is 4.99 Å². The van der Waals surface area contributed by atoms with Gasteiger partial charge in [-0.05, 0) is 43.2 Å². The molecule has 2 fully saturated rings. The Morgan fingerprint density at radius 1 is 1.27 bits per heavy atom. The van der Waals surface area contributed by atoms with E-state index in [1.54, 1.807) is 7.11 Å². The van der Waals surface area contributed by atoms with Crippen molar-refractivity contribution >= 4 is 29.9 Å². The average Bonchev–Trinajstić information content (AvgIpc) is 3.28. The van der Waals surface area contributed by atoms with Crippen LogP contribution in [-0.4, -0.2) is 44.1 Å². The van der Waals surface area contributed by atoms with Gasteiger partial charge in [0.1, 0.15) is 5.75 Å². The molecule has 0 bridgehead atoms. The third kappa shape index (κ3) is 4.84. The maximum absolute atomic E-state index is 5.51. The molecule has 1 N–H and O–H groups in total. The van der Waals surface area contributed by atoms with Gasteiger partial charge >= 0.3 is 0 Å². The second-order valence-electron chi connectivity index (χ2n) is 7.72. The fraction of sp³-hybridized carbons (Fsp3) is 0.667. The minimum Gasteiger partial charge on any atom is -0.496 e. The van der Waals surface area contributed by atoms with Crippen molar-refractivity contribution in [2.75, 3.05) is 33.3 Å². The van der Waals surface area contributed by atoms with E-state index in [2.05, 4.69) is 36.2 Å². The molecule has 1 spiro atoms. The van der Waals surface area contributed by atoms with Crippen LogP contribution in [0.2, 0.25) is 0 Å². The average molecular weight is 471 g/mol. The number of nitrogens with zero attached hydrogens (tertiary/aromatic N) is 2. The number of ether oxygens (including phenoxy) is 1. The van der Waals surface area contributed by atoms with Gasteiger partial charge in [-0.1, -0.05) is 38.0 Å². The topological polar surface area (TPSA) is 36.9 Å². The molecular weight excluding hydrogens is 437 g/mol. The zero-order valence-electron chi connectivity index (χ0n) is 16.5. The molecule has 2 aliphatic rings. The molecule has 1 aromatic rings. The SMILES string of the molecule is CCNC(=NCC(C)c1ccccc1OC)N1CCC2(CCCC2)C1.I. The number of rotatable bonds is 5. The standard InChI is InChI=1S/C21H33N3O.HI/c1-4-22-20(24-14-13-21(16-24)11-7-8-12-21)23-15-17(2)18-9-5-6-10-19(18)25-3;/h5-6,9-10,17H,4,7-8,11-16H2,1-3H3,(H,22,23);1H. The number of guanidine groups is 1. The number of benzene rings is 1. The van der Waals surface area contributed by atoms with Crippen molar-refractivity contribution in [3.05, 3.63) is 29.8 Å². The minimum atomic E-state index is 0. The van der Waals surface area contributed by atoms with Crippen LogP contribution in [0, 0.1) is 5.41 Å². The monoisotopic (exact) mass is 471 g/mol. The Labute approximate surface area is 175 Å². The number of hydrogen-bond donors (Lipinski definition) is 1. The van der Waals surface area contributed by atoms with E-state index in [4.69, 9.17) is 9.73 Å². The van der Waals surface area contributed by atoms with Crippen molar-refractivity contribution in [1.82, 2.24) is 10.2 Å². The molecule has 1 aromatic carbocycles. The fourth-order valence-corrected chi connectivity index (χ4v) is 4.47. The summed E-state index contributed by atoms with van der Waals surface area (Å²) in [6.07, 6.45) is 6.96. The molecule has 0 aromatic heterocycles. The Kier molecular flexibility index (Phi) is 8.05. The van der Waals surface area contributed by atoms with Gasteiger partial charge in [-0.25, -0.2) is 0 Å². The molecule has 4 nitrogen and oxygen atoms in total. The third-order valence-corrected chi connectivity index (χ3v) is 5.92. The Hall–Kier alpha value is -0.980. The number of hydrogen-bond acceptors (Lipinski definition) is 2. The van der Waals surface area contributed by atoms with Gasteiger partial charge in [0.2, 0.25) is 0 Å². The summed E-state index contributed by atoms with van der Waals surface area (Å²) in [5.74, 6) is 2.39. The number of likely N-dealkylation sites (tertiary alicyclic amines) is 1. The van der Waals surface area contributed by atoms with Crippen molar-refractivity contribution in [1.29, 1.82) is 0 Å². The number of halogens is 1. The lowest BCUT2D eigenvalue weighted by Crippen LogP contribution is -2.41. The Morgan fingerprint density at radius 3 is 2.69 bits per heavy atom.